The van der Waals surface area contributed by atoms with Gasteiger partial charge in [0, 0.05) is 39.4 Å². The number of nitrogens with zero attached hydrogens (tertiary/aromatic N) is 11. The molecule has 68 heavy (non-hydrogen) atoms. The Bertz CT molecular complexity index is 2240. The van der Waals surface area contributed by atoms with Gasteiger partial charge in [0.1, 0.15) is 36.8 Å². The highest BCUT2D eigenvalue weighted by atomic mass is 32.2. The topological polar surface area (TPSA) is 208 Å². The molecule has 0 saturated carbocycles. The van der Waals surface area contributed by atoms with Crippen LogP contribution in [-0.4, -0.2) is 143 Å². The molecular weight excluding hydrogens is 907 g/mol. The lowest BCUT2D eigenvalue weighted by molar-refractivity contribution is -0.818. The maximum absolute atomic E-state index is 14.3. The van der Waals surface area contributed by atoms with Crippen molar-refractivity contribution in [3.8, 4) is 23.7 Å². The molecule has 21 heteroatoms. The first-order valence-corrected chi connectivity index (χ1v) is 24.8. The Kier molecular flexibility index (Phi) is 19.9. The van der Waals surface area contributed by atoms with Crippen molar-refractivity contribution < 1.29 is 33.4 Å². The fourth-order valence-corrected chi connectivity index (χ4v) is 9.43. The number of amides is 3. The molecule has 362 valence electrons. The zero-order valence-corrected chi connectivity index (χ0v) is 41.2. The van der Waals surface area contributed by atoms with Crippen LogP contribution in [0.25, 0.3) is 0 Å². The van der Waals surface area contributed by atoms with Gasteiger partial charge >= 0.3 is 0 Å². The van der Waals surface area contributed by atoms with Crippen LogP contribution in [0.2, 0.25) is 0 Å². The number of carbonyl (C=O) groups excluding carboxylic acids is 4. The lowest BCUT2D eigenvalue weighted by Gasteiger charge is -2.31. The van der Waals surface area contributed by atoms with E-state index in [2.05, 4.69) is 65.5 Å². The Labute approximate surface area is 406 Å². The molecule has 0 radical (unpaired) electrons. The van der Waals surface area contributed by atoms with E-state index in [0.717, 1.165) is 35.5 Å². The fourth-order valence-electron chi connectivity index (χ4n) is 7.90. The molecule has 2 N–H and O–H groups in total. The van der Waals surface area contributed by atoms with Crippen molar-refractivity contribution in [2.75, 3.05) is 33.4 Å². The van der Waals surface area contributed by atoms with Crippen LogP contribution in [0.3, 0.4) is 0 Å². The van der Waals surface area contributed by atoms with Gasteiger partial charge in [-0.05, 0) is 118 Å². The summed E-state index contributed by atoms with van der Waals surface area (Å²) in [5.41, 5.74) is 0. The first-order valence-electron chi connectivity index (χ1n) is 23.2. The smallest absolute Gasteiger partial charge is 0.248 e. The summed E-state index contributed by atoms with van der Waals surface area (Å²) in [7, 11) is 1.71. The minimum atomic E-state index is -0.954. The fraction of sp³-hybridized carbons (Fsp3) is 0.553. The van der Waals surface area contributed by atoms with Gasteiger partial charge in [0.25, 0.3) is 0 Å². The quantitative estimate of drug-likeness (QED) is 0.0810. The third kappa shape index (κ3) is 14.4. The number of benzene rings is 2. The zero-order valence-electron chi connectivity index (χ0n) is 39.6. The summed E-state index contributed by atoms with van der Waals surface area (Å²) in [5.74, 6) is 9.57. The van der Waals surface area contributed by atoms with E-state index in [1.165, 1.54) is 23.7 Å². The monoisotopic (exact) mass is 968 g/mol. The SMILES string of the molecule is CC[C@@H](C)C(=O)NC(C(=O)N1CCCC1C[n+]1nnnn1Sc1ccccc1)C(C)OCC#CC#CCOC(C)C(CC(=O)[C@H](C)NC)C(=O)N1CCCC1Cn1nnnc1Sc1ccccc1. The summed E-state index contributed by atoms with van der Waals surface area (Å²) in [6.07, 6.45) is 2.41. The van der Waals surface area contributed by atoms with Gasteiger partial charge in [0.15, 0.2) is 0 Å². The maximum atomic E-state index is 14.3. The van der Waals surface area contributed by atoms with Crippen molar-refractivity contribution in [1.29, 1.82) is 0 Å². The number of likely N-dealkylation sites (tertiary alicyclic amines) is 2. The van der Waals surface area contributed by atoms with E-state index >= 15 is 0 Å². The first-order chi connectivity index (χ1) is 33.0. The molecule has 8 atom stereocenters. The third-order valence-electron chi connectivity index (χ3n) is 12.3. The highest BCUT2D eigenvalue weighted by Gasteiger charge is 2.40. The molecule has 4 heterocycles. The molecule has 2 aromatic carbocycles. The Morgan fingerprint density at radius 1 is 0.824 bits per heavy atom. The first kappa shape index (κ1) is 51.7. The minimum Gasteiger partial charge on any atom is -0.365 e. The largest absolute Gasteiger partial charge is 0.365 e. The molecule has 0 spiro atoms. The van der Waals surface area contributed by atoms with Crippen molar-refractivity contribution in [3.05, 3.63) is 60.7 Å². The average molecular weight is 969 g/mol. The van der Waals surface area contributed by atoms with Gasteiger partial charge in [-0.3, -0.25) is 19.2 Å². The van der Waals surface area contributed by atoms with Crippen molar-refractivity contribution in [1.82, 2.24) is 60.5 Å². The van der Waals surface area contributed by atoms with Crippen LogP contribution in [-0.2, 0) is 41.7 Å². The predicted molar refractivity (Wildman–Crippen MR) is 253 cm³/mol. The molecule has 4 aromatic rings. The molecule has 2 aromatic heterocycles. The highest BCUT2D eigenvalue weighted by Crippen LogP contribution is 2.29. The number of Topliss-reactive ketones (excluding diaryl/α,β-unsaturated/α-hetero) is 1. The van der Waals surface area contributed by atoms with Crippen molar-refractivity contribution in [2.45, 2.75) is 138 Å². The number of hydrogen-bond donors (Lipinski definition) is 2. The van der Waals surface area contributed by atoms with Crippen LogP contribution in [0, 0.1) is 35.5 Å². The van der Waals surface area contributed by atoms with E-state index in [0.29, 0.717) is 37.8 Å². The van der Waals surface area contributed by atoms with Gasteiger partial charge in [-0.15, -0.1) is 5.10 Å². The summed E-state index contributed by atoms with van der Waals surface area (Å²) < 4.78 is 15.5. The molecule has 0 aliphatic carbocycles. The number of hydrogen-bond acceptors (Lipinski definition) is 15. The van der Waals surface area contributed by atoms with E-state index in [1.807, 2.05) is 79.4 Å². The standard InChI is InChI=1S/C47H61N13O6S2/c1-7-33(2)44(62)49-43(46(64)57-27-19-21-38(57)32-59-54-52-55-60(59)68-40-24-14-11-15-25-40)36(5)66-29-17-9-8-16-28-65-35(4)41(30-42(61)34(3)48-6)45(63)56-26-18-20-37(56)31-58-47(50-51-53-58)67-39-22-12-10-13-23-39/h10-15,22-25,33-38,41,43,48H,7,18-21,26-32H2,1-6H3/p+1/t33-,34+,35?,36?,37?,38?,41?,43?/m1/s1. The number of carbonyl (C=O) groups is 4. The number of ether oxygens (including phenoxy) is 2. The maximum Gasteiger partial charge on any atom is 0.248 e. The zero-order chi connectivity index (χ0) is 48.4. The van der Waals surface area contributed by atoms with Gasteiger partial charge in [-0.1, -0.05) is 66.9 Å². The molecule has 19 nitrogen and oxygen atoms in total. The van der Waals surface area contributed by atoms with E-state index in [1.54, 1.807) is 46.4 Å². The van der Waals surface area contributed by atoms with E-state index in [-0.39, 0.29) is 61.1 Å². The van der Waals surface area contributed by atoms with Crippen LogP contribution in [0.4, 0.5) is 0 Å². The molecule has 2 aliphatic rings. The number of tetrazole rings is 1. The predicted octanol–water partition coefficient (Wildman–Crippen LogP) is 2.87. The number of ketones is 1. The molecule has 2 fully saturated rings. The highest BCUT2D eigenvalue weighted by molar-refractivity contribution is 7.99. The lowest BCUT2D eigenvalue weighted by atomic mass is 9.92. The number of nitrogens with one attached hydrogen (secondary N) is 2. The summed E-state index contributed by atoms with van der Waals surface area (Å²) in [6, 6.07) is 17.8. The summed E-state index contributed by atoms with van der Waals surface area (Å²) in [4.78, 5) is 62.2. The van der Waals surface area contributed by atoms with Crippen LogP contribution in [0.5, 0.6) is 0 Å². The van der Waals surface area contributed by atoms with Gasteiger partial charge in [-0.2, -0.15) is 0 Å². The van der Waals surface area contributed by atoms with Crippen molar-refractivity contribution >= 4 is 47.2 Å². The Morgan fingerprint density at radius 2 is 1.46 bits per heavy atom. The second-order valence-electron chi connectivity index (χ2n) is 16.9. The second-order valence-corrected chi connectivity index (χ2v) is 18.9. The van der Waals surface area contributed by atoms with Crippen molar-refractivity contribution in [2.24, 2.45) is 11.8 Å². The third-order valence-corrected chi connectivity index (χ3v) is 14.2. The summed E-state index contributed by atoms with van der Waals surface area (Å²) in [5, 5.41) is 31.1. The number of rotatable bonds is 23. The van der Waals surface area contributed by atoms with E-state index in [9.17, 15) is 19.2 Å². The Morgan fingerprint density at radius 3 is 2.12 bits per heavy atom. The molecule has 2 saturated heterocycles. The van der Waals surface area contributed by atoms with Gasteiger partial charge in [0.2, 0.25) is 33.3 Å². The van der Waals surface area contributed by atoms with Crippen LogP contribution >= 0.6 is 23.7 Å². The van der Waals surface area contributed by atoms with Crippen LogP contribution < -0.4 is 15.4 Å². The molecule has 6 unspecified atom stereocenters. The second kappa shape index (κ2) is 26.2. The average Bonchev–Trinajstić information content (AvgIpc) is 4.20. The van der Waals surface area contributed by atoms with Crippen LogP contribution in [0.15, 0.2) is 75.6 Å². The van der Waals surface area contributed by atoms with Crippen molar-refractivity contribution in [3.63, 3.8) is 0 Å². The molecule has 0 bridgehead atoms. The van der Waals surface area contributed by atoms with Gasteiger partial charge in [-0.25, -0.2) is 4.68 Å². The van der Waals surface area contributed by atoms with Gasteiger partial charge < -0.3 is 29.9 Å². The summed E-state index contributed by atoms with van der Waals surface area (Å²) in [6.45, 7) is 10.9. The number of aromatic nitrogens is 9. The molecule has 6 rings (SSSR count). The van der Waals surface area contributed by atoms with E-state index in [4.69, 9.17) is 9.47 Å². The Hall–Kier alpha value is -5.71. The summed E-state index contributed by atoms with van der Waals surface area (Å²) >= 11 is 2.82. The molecular formula is C47H62N13O6S2+. The Balaban J connectivity index is 1.04. The number of likely N-dealkylation sites (N-methyl/N-ethyl adjacent to an activating group) is 1. The lowest BCUT2D eigenvalue weighted by Crippen LogP contribution is -2.59. The van der Waals surface area contributed by atoms with Crippen LogP contribution in [0.1, 0.15) is 73.1 Å². The van der Waals surface area contributed by atoms with E-state index < -0.39 is 30.2 Å². The normalized spacial score (nSPS) is 18.3. The van der Waals surface area contributed by atoms with Gasteiger partial charge in [0.05, 0.1) is 54.7 Å². The minimum absolute atomic E-state index is 0.000907. The molecule has 3 amide bonds. The molecule has 2 aliphatic heterocycles.